The number of aliphatic hydroxyl groups excluding tert-OH is 1. The van der Waals surface area contributed by atoms with Gasteiger partial charge in [-0.3, -0.25) is 4.90 Å². The van der Waals surface area contributed by atoms with Crippen molar-refractivity contribution in [3.63, 3.8) is 0 Å². The van der Waals surface area contributed by atoms with Gasteiger partial charge in [0.15, 0.2) is 0 Å². The van der Waals surface area contributed by atoms with Crippen LogP contribution in [0.2, 0.25) is 0 Å². The molecule has 2 saturated carbocycles. The van der Waals surface area contributed by atoms with Gasteiger partial charge in [0.2, 0.25) is 0 Å². The highest BCUT2D eigenvalue weighted by Crippen LogP contribution is 2.36. The summed E-state index contributed by atoms with van der Waals surface area (Å²) in [6.07, 6.45) is 5.93. The second kappa shape index (κ2) is 5.05. The second-order valence-corrected chi connectivity index (χ2v) is 6.33. The maximum atomic E-state index is 9.86. The number of nitrogens with zero attached hydrogens (tertiary/aromatic N) is 1. The Morgan fingerprint density at radius 1 is 1.19 bits per heavy atom. The maximum absolute atomic E-state index is 9.86. The first-order valence-corrected chi connectivity index (χ1v) is 7.01. The van der Waals surface area contributed by atoms with Gasteiger partial charge in [-0.1, -0.05) is 20.8 Å². The monoisotopic (exact) mass is 225 g/mol. The number of aliphatic hydroxyl groups is 1. The molecule has 16 heavy (non-hydrogen) atoms. The molecule has 2 fully saturated rings. The van der Waals surface area contributed by atoms with E-state index in [1.54, 1.807) is 0 Å². The molecule has 1 N–H and O–H groups in total. The lowest BCUT2D eigenvalue weighted by molar-refractivity contribution is 0.0230. The van der Waals surface area contributed by atoms with Gasteiger partial charge in [-0.25, -0.2) is 0 Å². The highest BCUT2D eigenvalue weighted by molar-refractivity contribution is 4.93. The van der Waals surface area contributed by atoms with Gasteiger partial charge in [0.25, 0.3) is 0 Å². The molecule has 0 aromatic carbocycles. The largest absolute Gasteiger partial charge is 0.393 e. The van der Waals surface area contributed by atoms with Crippen LogP contribution in [0.5, 0.6) is 0 Å². The molecule has 2 heteroatoms. The van der Waals surface area contributed by atoms with E-state index >= 15 is 0 Å². The van der Waals surface area contributed by atoms with Gasteiger partial charge in [-0.05, 0) is 43.9 Å². The average Bonchev–Trinajstić information content (AvgIpc) is 3.02. The van der Waals surface area contributed by atoms with Gasteiger partial charge in [-0.2, -0.15) is 0 Å². The summed E-state index contributed by atoms with van der Waals surface area (Å²) in [5.41, 5.74) is 0. The Hall–Kier alpha value is -0.0800. The van der Waals surface area contributed by atoms with Crippen LogP contribution in [0.15, 0.2) is 0 Å². The van der Waals surface area contributed by atoms with Crippen molar-refractivity contribution in [1.29, 1.82) is 0 Å². The van der Waals surface area contributed by atoms with Crippen LogP contribution in [0, 0.1) is 11.8 Å². The lowest BCUT2D eigenvalue weighted by atomic mass is 9.83. The summed E-state index contributed by atoms with van der Waals surface area (Å²) in [6, 6.07) is 1.47. The van der Waals surface area contributed by atoms with Crippen LogP contribution in [-0.2, 0) is 0 Å². The molecule has 0 heterocycles. The smallest absolute Gasteiger partial charge is 0.0555 e. The molecule has 94 valence electrons. The van der Waals surface area contributed by atoms with Gasteiger partial charge < -0.3 is 5.11 Å². The Bertz CT molecular complexity index is 223. The van der Waals surface area contributed by atoms with Gasteiger partial charge >= 0.3 is 0 Å². The lowest BCUT2D eigenvalue weighted by Crippen LogP contribution is -2.47. The Balaban J connectivity index is 1.99. The molecule has 3 atom stereocenters. The summed E-state index contributed by atoms with van der Waals surface area (Å²) >= 11 is 0. The molecule has 0 amide bonds. The zero-order valence-corrected chi connectivity index (χ0v) is 11.0. The highest BCUT2D eigenvalue weighted by atomic mass is 16.3. The third-order valence-corrected chi connectivity index (χ3v) is 4.14. The molecular weight excluding hydrogens is 198 g/mol. The third-order valence-electron chi connectivity index (χ3n) is 4.14. The molecule has 2 aliphatic rings. The summed E-state index contributed by atoms with van der Waals surface area (Å²) in [5.74, 6) is 1.51. The Morgan fingerprint density at radius 2 is 1.88 bits per heavy atom. The predicted octanol–water partition coefficient (Wildman–Crippen LogP) is 2.66. The molecule has 0 aromatic rings. The van der Waals surface area contributed by atoms with Crippen molar-refractivity contribution in [2.75, 3.05) is 6.54 Å². The summed E-state index contributed by atoms with van der Waals surface area (Å²) in [4.78, 5) is 2.71. The van der Waals surface area contributed by atoms with Crippen LogP contribution in [0.25, 0.3) is 0 Å². The minimum absolute atomic E-state index is 0.0467. The fourth-order valence-electron chi connectivity index (χ4n) is 3.12. The molecule has 0 spiro atoms. The van der Waals surface area contributed by atoms with Gasteiger partial charge in [0, 0.05) is 18.6 Å². The van der Waals surface area contributed by atoms with Crippen molar-refractivity contribution < 1.29 is 5.11 Å². The number of rotatable bonds is 4. The van der Waals surface area contributed by atoms with Crippen LogP contribution >= 0.6 is 0 Å². The van der Waals surface area contributed by atoms with E-state index in [1.807, 2.05) is 0 Å². The molecule has 0 bridgehead atoms. The average molecular weight is 225 g/mol. The van der Waals surface area contributed by atoms with Crippen molar-refractivity contribution in [3.8, 4) is 0 Å². The summed E-state index contributed by atoms with van der Waals surface area (Å²) in [6.45, 7) is 8.19. The summed E-state index contributed by atoms with van der Waals surface area (Å²) in [5, 5.41) is 9.86. The Morgan fingerprint density at radius 3 is 2.44 bits per heavy atom. The molecule has 3 unspecified atom stereocenters. The van der Waals surface area contributed by atoms with E-state index in [9.17, 15) is 5.11 Å². The number of hydrogen-bond donors (Lipinski definition) is 1. The molecule has 2 aliphatic carbocycles. The standard InChI is InChI=1S/C14H27NO/c1-10(2)9-15(12-5-6-12)14-8-13(16)7-4-11(14)3/h10-14,16H,4-9H2,1-3H3. The van der Waals surface area contributed by atoms with E-state index in [0.717, 1.165) is 30.7 Å². The van der Waals surface area contributed by atoms with Crippen molar-refractivity contribution in [2.45, 2.75) is 71.1 Å². The molecule has 0 radical (unpaired) electrons. The van der Waals surface area contributed by atoms with Gasteiger partial charge in [0.05, 0.1) is 6.10 Å². The van der Waals surface area contributed by atoms with Crippen LogP contribution in [0.1, 0.15) is 52.9 Å². The van der Waals surface area contributed by atoms with Crippen molar-refractivity contribution in [3.05, 3.63) is 0 Å². The first-order valence-electron chi connectivity index (χ1n) is 7.01. The van der Waals surface area contributed by atoms with E-state index in [4.69, 9.17) is 0 Å². The zero-order valence-electron chi connectivity index (χ0n) is 11.0. The Kier molecular flexibility index (Phi) is 3.91. The van der Waals surface area contributed by atoms with E-state index in [0.29, 0.717) is 6.04 Å². The van der Waals surface area contributed by atoms with Crippen molar-refractivity contribution in [1.82, 2.24) is 4.90 Å². The van der Waals surface area contributed by atoms with Crippen molar-refractivity contribution in [2.24, 2.45) is 11.8 Å². The topological polar surface area (TPSA) is 23.5 Å². The van der Waals surface area contributed by atoms with E-state index in [2.05, 4.69) is 25.7 Å². The van der Waals surface area contributed by atoms with Gasteiger partial charge in [-0.15, -0.1) is 0 Å². The molecule has 2 nitrogen and oxygen atoms in total. The maximum Gasteiger partial charge on any atom is 0.0555 e. The summed E-state index contributed by atoms with van der Waals surface area (Å²) < 4.78 is 0. The van der Waals surface area contributed by atoms with E-state index < -0.39 is 0 Å². The quantitative estimate of drug-likeness (QED) is 0.795. The third kappa shape index (κ3) is 2.98. The second-order valence-electron chi connectivity index (χ2n) is 6.33. The SMILES string of the molecule is CC(C)CN(C1CC1)C1CC(O)CCC1C. The fraction of sp³-hybridized carbons (Fsp3) is 1.00. The van der Waals surface area contributed by atoms with Crippen LogP contribution in [-0.4, -0.2) is 34.7 Å². The predicted molar refractivity (Wildman–Crippen MR) is 67.4 cm³/mol. The normalized spacial score (nSPS) is 36.0. The minimum Gasteiger partial charge on any atom is -0.393 e. The zero-order chi connectivity index (χ0) is 11.7. The summed E-state index contributed by atoms with van der Waals surface area (Å²) in [7, 11) is 0. The molecular formula is C14H27NO. The van der Waals surface area contributed by atoms with E-state index in [1.165, 1.54) is 25.8 Å². The first kappa shape index (κ1) is 12.4. The molecule has 2 rings (SSSR count). The highest BCUT2D eigenvalue weighted by Gasteiger charge is 2.38. The lowest BCUT2D eigenvalue weighted by Gasteiger charge is -2.41. The van der Waals surface area contributed by atoms with E-state index in [-0.39, 0.29) is 6.10 Å². The number of hydrogen-bond acceptors (Lipinski definition) is 2. The fourth-order valence-corrected chi connectivity index (χ4v) is 3.12. The van der Waals surface area contributed by atoms with Crippen molar-refractivity contribution >= 4 is 0 Å². The van der Waals surface area contributed by atoms with Gasteiger partial charge in [0.1, 0.15) is 0 Å². The minimum atomic E-state index is -0.0467. The van der Waals surface area contributed by atoms with Crippen LogP contribution in [0.4, 0.5) is 0 Å². The van der Waals surface area contributed by atoms with Crippen LogP contribution in [0.3, 0.4) is 0 Å². The molecule has 0 saturated heterocycles. The molecule has 0 aliphatic heterocycles. The van der Waals surface area contributed by atoms with Crippen LogP contribution < -0.4 is 0 Å². The first-order chi connectivity index (χ1) is 7.58. The molecule has 0 aromatic heterocycles. The Labute approximate surface area is 100 Å².